The minimum atomic E-state index is 0.538. The first-order valence-electron chi connectivity index (χ1n) is 4.10. The predicted octanol–water partition coefficient (Wildman–Crippen LogP) is 2.92. The fraction of sp³-hybridized carbons (Fsp3) is 0.600. The van der Waals surface area contributed by atoms with Crippen molar-refractivity contribution < 1.29 is 0 Å². The van der Waals surface area contributed by atoms with Gasteiger partial charge in [-0.25, -0.2) is 0 Å². The second-order valence-electron chi connectivity index (χ2n) is 3.60. The van der Waals surface area contributed by atoms with Gasteiger partial charge in [-0.2, -0.15) is 0 Å². The van der Waals surface area contributed by atoms with Crippen LogP contribution in [0.3, 0.4) is 0 Å². The van der Waals surface area contributed by atoms with Gasteiger partial charge in [0.2, 0.25) is 0 Å². The van der Waals surface area contributed by atoms with E-state index < -0.39 is 0 Å². The van der Waals surface area contributed by atoms with Crippen LogP contribution in [0.15, 0.2) is 23.3 Å². The molecule has 1 saturated carbocycles. The first kappa shape index (κ1) is 6.21. The van der Waals surface area contributed by atoms with Gasteiger partial charge in [0.25, 0.3) is 0 Å². The number of rotatable bonds is 2. The highest BCUT2D eigenvalue weighted by Crippen LogP contribution is 2.74. The van der Waals surface area contributed by atoms with Crippen LogP contribution in [0.2, 0.25) is 0 Å². The molecule has 0 spiro atoms. The zero-order chi connectivity index (χ0) is 7.35. The highest BCUT2D eigenvalue weighted by Gasteiger charge is 2.65. The Hall–Kier alpha value is -0.520. The monoisotopic (exact) mass is 134 g/mol. The van der Waals surface area contributed by atoms with Gasteiger partial charge in [0.1, 0.15) is 0 Å². The van der Waals surface area contributed by atoms with E-state index in [-0.39, 0.29) is 0 Å². The predicted molar refractivity (Wildman–Crippen MR) is 43.7 cm³/mol. The lowest BCUT2D eigenvalue weighted by Gasteiger charge is -2.12. The van der Waals surface area contributed by atoms with Gasteiger partial charge >= 0.3 is 0 Å². The summed E-state index contributed by atoms with van der Waals surface area (Å²) >= 11 is 0. The second-order valence-corrected chi connectivity index (χ2v) is 3.60. The molecular formula is C10H14. The number of fused-ring (bicyclic) bond motifs is 1. The Morgan fingerprint density at radius 2 is 2.40 bits per heavy atom. The minimum absolute atomic E-state index is 0.538. The average molecular weight is 134 g/mol. The van der Waals surface area contributed by atoms with E-state index in [2.05, 4.69) is 32.9 Å². The summed E-state index contributed by atoms with van der Waals surface area (Å²) in [6, 6.07) is 0. The van der Waals surface area contributed by atoms with E-state index in [0.717, 1.165) is 5.92 Å². The molecule has 0 heteroatoms. The third kappa shape index (κ3) is 0.524. The first-order chi connectivity index (χ1) is 4.71. The summed E-state index contributed by atoms with van der Waals surface area (Å²) in [5.74, 6) is 0.885. The second kappa shape index (κ2) is 1.55. The van der Waals surface area contributed by atoms with E-state index >= 15 is 0 Å². The van der Waals surface area contributed by atoms with Crippen molar-refractivity contribution in [3.05, 3.63) is 23.3 Å². The molecule has 0 aliphatic heterocycles. The molecule has 10 heavy (non-hydrogen) atoms. The maximum atomic E-state index is 2.37. The quantitative estimate of drug-likeness (QED) is 0.509. The largest absolute Gasteiger partial charge is 0.0850 e. The van der Waals surface area contributed by atoms with E-state index in [4.69, 9.17) is 0 Å². The van der Waals surface area contributed by atoms with Crippen LogP contribution >= 0.6 is 0 Å². The van der Waals surface area contributed by atoms with E-state index in [9.17, 15) is 0 Å². The minimum Gasteiger partial charge on any atom is -0.0850 e. The topological polar surface area (TPSA) is 0 Å². The third-order valence-corrected chi connectivity index (χ3v) is 3.04. The Bertz CT molecular complexity index is 232. The summed E-state index contributed by atoms with van der Waals surface area (Å²) in [7, 11) is 0. The lowest BCUT2D eigenvalue weighted by atomic mass is 9.92. The molecule has 2 atom stereocenters. The van der Waals surface area contributed by atoms with E-state index in [1.165, 1.54) is 6.42 Å². The molecule has 0 aromatic carbocycles. The Labute approximate surface area is 62.6 Å². The molecule has 1 fully saturated rings. The lowest BCUT2D eigenvalue weighted by molar-refractivity contribution is 0.636. The fourth-order valence-corrected chi connectivity index (χ4v) is 1.86. The fourth-order valence-electron chi connectivity index (χ4n) is 1.86. The van der Waals surface area contributed by atoms with Gasteiger partial charge in [-0.15, -0.1) is 0 Å². The van der Waals surface area contributed by atoms with Gasteiger partial charge in [-0.05, 0) is 13.3 Å². The van der Waals surface area contributed by atoms with Gasteiger partial charge < -0.3 is 0 Å². The molecule has 2 unspecified atom stereocenters. The molecule has 2 aliphatic carbocycles. The zero-order valence-electron chi connectivity index (χ0n) is 6.94. The van der Waals surface area contributed by atoms with Crippen molar-refractivity contribution in [2.45, 2.75) is 27.2 Å². The van der Waals surface area contributed by atoms with Crippen molar-refractivity contribution in [2.24, 2.45) is 11.3 Å². The van der Waals surface area contributed by atoms with Gasteiger partial charge in [-0.3, -0.25) is 0 Å². The van der Waals surface area contributed by atoms with Crippen molar-refractivity contribution in [2.75, 3.05) is 0 Å². The van der Waals surface area contributed by atoms with Crippen molar-refractivity contribution >= 4 is 0 Å². The third-order valence-electron chi connectivity index (χ3n) is 3.04. The van der Waals surface area contributed by atoms with Crippen LogP contribution in [0.1, 0.15) is 27.2 Å². The van der Waals surface area contributed by atoms with Gasteiger partial charge in [0.05, 0.1) is 0 Å². The van der Waals surface area contributed by atoms with Crippen LogP contribution in [0.4, 0.5) is 0 Å². The number of hydrogen-bond donors (Lipinski definition) is 0. The number of allylic oxidation sites excluding steroid dienone is 4. The zero-order valence-corrected chi connectivity index (χ0v) is 6.94. The average Bonchev–Trinajstić information content (AvgIpc) is 2.72. The summed E-state index contributed by atoms with van der Waals surface area (Å²) in [6.45, 7) is 6.82. The molecule has 54 valence electrons. The highest BCUT2D eigenvalue weighted by atomic mass is 14.7. The van der Waals surface area contributed by atoms with Gasteiger partial charge in [0.15, 0.2) is 0 Å². The smallest absolute Gasteiger partial charge is 0.0196 e. The van der Waals surface area contributed by atoms with Crippen molar-refractivity contribution in [3.63, 3.8) is 0 Å². The molecule has 0 aromatic heterocycles. The first-order valence-corrected chi connectivity index (χ1v) is 4.10. The molecule has 2 rings (SSSR count). The van der Waals surface area contributed by atoms with Crippen LogP contribution in [-0.4, -0.2) is 0 Å². The molecule has 0 bridgehead atoms. The lowest BCUT2D eigenvalue weighted by Crippen LogP contribution is -2.02. The maximum absolute atomic E-state index is 2.37. The van der Waals surface area contributed by atoms with Crippen LogP contribution in [0, 0.1) is 11.3 Å². The van der Waals surface area contributed by atoms with Crippen LogP contribution < -0.4 is 0 Å². The molecule has 0 N–H and O–H groups in total. The molecule has 0 saturated heterocycles. The summed E-state index contributed by atoms with van der Waals surface area (Å²) in [4.78, 5) is 0. The standard InChI is InChI=1S/C10H14/c1-4-5-7(2)10(3)8-6-9(8)10/h5-6,8H,4H2,1-3H3. The summed E-state index contributed by atoms with van der Waals surface area (Å²) in [5.41, 5.74) is 3.81. The SMILES string of the molecule is CCC=C(C)C1(C)C2=CC21. The summed E-state index contributed by atoms with van der Waals surface area (Å²) in [6.07, 6.45) is 5.90. The van der Waals surface area contributed by atoms with Crippen LogP contribution in [0.5, 0.6) is 0 Å². The van der Waals surface area contributed by atoms with Crippen molar-refractivity contribution in [1.29, 1.82) is 0 Å². The maximum Gasteiger partial charge on any atom is 0.0196 e. The Morgan fingerprint density at radius 1 is 1.80 bits per heavy atom. The molecule has 0 heterocycles. The molecular weight excluding hydrogens is 120 g/mol. The number of hydrogen-bond acceptors (Lipinski definition) is 0. The van der Waals surface area contributed by atoms with E-state index in [1.54, 1.807) is 11.1 Å². The van der Waals surface area contributed by atoms with Gasteiger partial charge in [0, 0.05) is 11.3 Å². The normalized spacial score (nSPS) is 42.5. The van der Waals surface area contributed by atoms with E-state index in [1.807, 2.05) is 0 Å². The molecule has 0 aromatic rings. The highest BCUT2D eigenvalue weighted by molar-refractivity contribution is 5.62. The van der Waals surface area contributed by atoms with Crippen molar-refractivity contribution in [1.82, 2.24) is 0 Å². The Kier molecular flexibility index (Phi) is 0.964. The van der Waals surface area contributed by atoms with Crippen molar-refractivity contribution in [3.8, 4) is 0 Å². The van der Waals surface area contributed by atoms with Crippen LogP contribution in [-0.2, 0) is 0 Å². The van der Waals surface area contributed by atoms with Gasteiger partial charge in [-0.1, -0.05) is 37.1 Å². The summed E-state index contributed by atoms with van der Waals surface area (Å²) < 4.78 is 0. The van der Waals surface area contributed by atoms with E-state index in [0.29, 0.717) is 5.41 Å². The summed E-state index contributed by atoms with van der Waals surface area (Å²) in [5, 5.41) is 0. The molecule has 0 amide bonds. The van der Waals surface area contributed by atoms with Crippen LogP contribution in [0.25, 0.3) is 0 Å². The Morgan fingerprint density at radius 3 is 2.70 bits per heavy atom. The Balaban J connectivity index is 2.13. The molecule has 0 radical (unpaired) electrons. The molecule has 0 nitrogen and oxygen atoms in total. The molecule has 2 aliphatic rings.